The summed E-state index contributed by atoms with van der Waals surface area (Å²) in [6.45, 7) is 6.05. The Morgan fingerprint density at radius 2 is 1.68 bits per heavy atom. The molecule has 0 aliphatic rings. The quantitative estimate of drug-likeness (QED) is 0.713. The van der Waals surface area contributed by atoms with Crippen LogP contribution in [0.25, 0.3) is 16.9 Å². The number of aryl methyl sites for hydroxylation is 1. The van der Waals surface area contributed by atoms with E-state index < -0.39 is 0 Å². The summed E-state index contributed by atoms with van der Waals surface area (Å²) in [6, 6.07) is 18.0. The molecule has 4 heteroatoms. The molecule has 1 aromatic heterocycles. The predicted molar refractivity (Wildman–Crippen MR) is 101 cm³/mol. The Morgan fingerprint density at radius 3 is 2.32 bits per heavy atom. The molecule has 0 atom stereocenters. The van der Waals surface area contributed by atoms with Gasteiger partial charge < -0.3 is 4.90 Å². The Balaban J connectivity index is 2.17. The van der Waals surface area contributed by atoms with Crippen molar-refractivity contribution in [2.75, 3.05) is 7.05 Å². The first-order valence-electron chi connectivity index (χ1n) is 8.47. The van der Waals surface area contributed by atoms with Crippen molar-refractivity contribution >= 4 is 5.91 Å². The van der Waals surface area contributed by atoms with Gasteiger partial charge in [-0.05, 0) is 38.5 Å². The summed E-state index contributed by atoms with van der Waals surface area (Å²) in [6.07, 6.45) is 1.83. The molecule has 1 heterocycles. The van der Waals surface area contributed by atoms with Crippen molar-refractivity contribution in [2.24, 2.45) is 0 Å². The van der Waals surface area contributed by atoms with E-state index in [1.165, 1.54) is 0 Å². The Labute approximate surface area is 148 Å². The minimum atomic E-state index is -0.0181. The average Bonchev–Trinajstić information content (AvgIpc) is 3.06. The van der Waals surface area contributed by atoms with E-state index in [0.717, 1.165) is 22.5 Å². The highest BCUT2D eigenvalue weighted by atomic mass is 16.2. The zero-order valence-electron chi connectivity index (χ0n) is 15.1. The number of benzene rings is 2. The van der Waals surface area contributed by atoms with Gasteiger partial charge >= 0.3 is 0 Å². The molecule has 0 radical (unpaired) electrons. The van der Waals surface area contributed by atoms with Gasteiger partial charge in [-0.2, -0.15) is 5.10 Å². The highest BCUT2D eigenvalue weighted by Crippen LogP contribution is 2.27. The third-order valence-corrected chi connectivity index (χ3v) is 4.46. The van der Waals surface area contributed by atoms with Crippen LogP contribution in [0.2, 0.25) is 0 Å². The maximum atomic E-state index is 13.0. The number of carbonyl (C=O) groups is 1. The minimum Gasteiger partial charge on any atom is -0.339 e. The maximum Gasteiger partial charge on any atom is 0.257 e. The van der Waals surface area contributed by atoms with Gasteiger partial charge in [0.2, 0.25) is 0 Å². The van der Waals surface area contributed by atoms with E-state index in [9.17, 15) is 4.79 Å². The second kappa shape index (κ2) is 6.93. The van der Waals surface area contributed by atoms with E-state index in [-0.39, 0.29) is 11.9 Å². The van der Waals surface area contributed by atoms with Crippen LogP contribution in [0.5, 0.6) is 0 Å². The lowest BCUT2D eigenvalue weighted by atomic mass is 10.0. The Bertz CT molecular complexity index is 881. The first-order valence-corrected chi connectivity index (χ1v) is 8.47. The van der Waals surface area contributed by atoms with Crippen molar-refractivity contribution in [1.29, 1.82) is 0 Å². The van der Waals surface area contributed by atoms with E-state index in [1.54, 1.807) is 9.58 Å². The number of para-hydroxylation sites is 1. The summed E-state index contributed by atoms with van der Waals surface area (Å²) in [7, 11) is 1.83. The third kappa shape index (κ3) is 3.33. The van der Waals surface area contributed by atoms with Crippen LogP contribution >= 0.6 is 0 Å². The van der Waals surface area contributed by atoms with Gasteiger partial charge in [0.25, 0.3) is 5.91 Å². The molecule has 2 aromatic carbocycles. The molecular weight excluding hydrogens is 310 g/mol. The molecule has 0 saturated heterocycles. The van der Waals surface area contributed by atoms with Gasteiger partial charge in [-0.3, -0.25) is 4.79 Å². The van der Waals surface area contributed by atoms with E-state index in [2.05, 4.69) is 0 Å². The van der Waals surface area contributed by atoms with Crippen LogP contribution in [-0.4, -0.2) is 33.7 Å². The molecule has 0 N–H and O–H groups in total. The van der Waals surface area contributed by atoms with Gasteiger partial charge in [-0.1, -0.05) is 42.5 Å². The van der Waals surface area contributed by atoms with Gasteiger partial charge in [0.15, 0.2) is 0 Å². The fourth-order valence-corrected chi connectivity index (χ4v) is 2.71. The van der Waals surface area contributed by atoms with E-state index >= 15 is 0 Å². The van der Waals surface area contributed by atoms with Gasteiger partial charge in [0.1, 0.15) is 5.69 Å². The zero-order valence-corrected chi connectivity index (χ0v) is 15.1. The summed E-state index contributed by atoms with van der Waals surface area (Å²) in [4.78, 5) is 14.8. The lowest BCUT2D eigenvalue weighted by Crippen LogP contribution is -2.33. The summed E-state index contributed by atoms with van der Waals surface area (Å²) in [5.74, 6) is -0.0181. The number of amides is 1. The van der Waals surface area contributed by atoms with Crippen LogP contribution in [0, 0.1) is 6.92 Å². The van der Waals surface area contributed by atoms with Crippen LogP contribution in [0.3, 0.4) is 0 Å². The summed E-state index contributed by atoms with van der Waals surface area (Å²) in [5.41, 5.74) is 4.36. The molecule has 0 saturated carbocycles. The van der Waals surface area contributed by atoms with Gasteiger partial charge in [-0.15, -0.1) is 0 Å². The number of carbonyl (C=O) groups excluding carboxylic acids is 1. The smallest absolute Gasteiger partial charge is 0.257 e. The standard InChI is InChI=1S/C21H23N3O/c1-15(2)23(4)21(25)19-14-24(17-11-6-5-7-12-17)22-20(19)18-13-9-8-10-16(18)3/h5-15H,1-4H3. The Hall–Kier alpha value is -2.88. The SMILES string of the molecule is Cc1ccccc1-c1nn(-c2ccccc2)cc1C(=O)N(C)C(C)C. The highest BCUT2D eigenvalue weighted by molar-refractivity contribution is 6.00. The van der Waals surface area contributed by atoms with Gasteiger partial charge in [0.05, 0.1) is 11.3 Å². The fourth-order valence-electron chi connectivity index (χ4n) is 2.71. The largest absolute Gasteiger partial charge is 0.339 e. The zero-order chi connectivity index (χ0) is 18.0. The van der Waals surface area contributed by atoms with Crippen LogP contribution < -0.4 is 0 Å². The lowest BCUT2D eigenvalue weighted by Gasteiger charge is -2.21. The van der Waals surface area contributed by atoms with E-state index in [0.29, 0.717) is 5.56 Å². The first kappa shape index (κ1) is 17.0. The molecule has 0 aliphatic heterocycles. The molecule has 4 nitrogen and oxygen atoms in total. The van der Waals surface area contributed by atoms with E-state index in [1.807, 2.05) is 88.6 Å². The van der Waals surface area contributed by atoms with E-state index in [4.69, 9.17) is 5.10 Å². The Kier molecular flexibility index (Phi) is 4.70. The molecule has 3 rings (SSSR count). The van der Waals surface area contributed by atoms with Gasteiger partial charge in [0, 0.05) is 24.8 Å². The third-order valence-electron chi connectivity index (χ3n) is 4.46. The molecule has 0 bridgehead atoms. The first-order chi connectivity index (χ1) is 12.0. The number of rotatable bonds is 4. The molecule has 3 aromatic rings. The molecule has 0 fully saturated rings. The summed E-state index contributed by atoms with van der Waals surface area (Å²) in [5, 5.41) is 4.74. The molecule has 25 heavy (non-hydrogen) atoms. The van der Waals surface area contributed by atoms with Crippen molar-refractivity contribution < 1.29 is 4.79 Å². The van der Waals surface area contributed by atoms with Gasteiger partial charge in [-0.25, -0.2) is 4.68 Å². The average molecular weight is 333 g/mol. The molecular formula is C21H23N3O. The fraction of sp³-hybridized carbons (Fsp3) is 0.238. The molecule has 1 amide bonds. The van der Waals surface area contributed by atoms with Crippen molar-refractivity contribution in [3.8, 4) is 16.9 Å². The number of aromatic nitrogens is 2. The number of hydrogen-bond donors (Lipinski definition) is 0. The van der Waals surface area contributed by atoms with Crippen molar-refractivity contribution in [3.05, 3.63) is 71.9 Å². The van der Waals surface area contributed by atoms with Crippen LogP contribution in [-0.2, 0) is 0 Å². The lowest BCUT2D eigenvalue weighted by molar-refractivity contribution is 0.0755. The second-order valence-corrected chi connectivity index (χ2v) is 6.50. The second-order valence-electron chi connectivity index (χ2n) is 6.50. The normalized spacial score (nSPS) is 10.9. The predicted octanol–water partition coefficient (Wildman–Crippen LogP) is 4.33. The summed E-state index contributed by atoms with van der Waals surface area (Å²) >= 11 is 0. The van der Waals surface area contributed by atoms with Crippen molar-refractivity contribution in [1.82, 2.24) is 14.7 Å². The number of nitrogens with zero attached hydrogens (tertiary/aromatic N) is 3. The Morgan fingerprint density at radius 1 is 1.04 bits per heavy atom. The van der Waals surface area contributed by atoms with Crippen LogP contribution in [0.15, 0.2) is 60.8 Å². The van der Waals surface area contributed by atoms with Crippen molar-refractivity contribution in [2.45, 2.75) is 26.8 Å². The monoisotopic (exact) mass is 333 g/mol. The molecule has 0 aliphatic carbocycles. The van der Waals surface area contributed by atoms with Crippen LogP contribution in [0.1, 0.15) is 29.8 Å². The highest BCUT2D eigenvalue weighted by Gasteiger charge is 2.23. The maximum absolute atomic E-state index is 13.0. The van der Waals surface area contributed by atoms with Crippen LogP contribution in [0.4, 0.5) is 0 Å². The molecule has 0 spiro atoms. The molecule has 0 unspecified atom stereocenters. The topological polar surface area (TPSA) is 38.1 Å². The minimum absolute atomic E-state index is 0.0181. The molecule has 128 valence electrons. The number of hydrogen-bond acceptors (Lipinski definition) is 2. The summed E-state index contributed by atoms with van der Waals surface area (Å²) < 4.78 is 1.78. The van der Waals surface area contributed by atoms with Crippen molar-refractivity contribution in [3.63, 3.8) is 0 Å².